The van der Waals surface area contributed by atoms with E-state index in [9.17, 15) is 0 Å². The van der Waals surface area contributed by atoms with Crippen molar-refractivity contribution in [2.24, 2.45) is 5.92 Å². The Labute approximate surface area is 78.8 Å². The molecule has 1 saturated carbocycles. The predicted octanol–water partition coefficient (Wildman–Crippen LogP) is 0.955. The zero-order chi connectivity index (χ0) is 9.10. The quantitative estimate of drug-likeness (QED) is 0.704. The molecule has 0 radical (unpaired) electrons. The van der Waals surface area contributed by atoms with Gasteiger partial charge in [0.25, 0.3) is 0 Å². The Morgan fingerprint density at radius 1 is 1.54 bits per heavy atom. The third-order valence-electron chi connectivity index (χ3n) is 2.95. The van der Waals surface area contributed by atoms with E-state index in [0.717, 1.165) is 18.5 Å². The van der Waals surface area contributed by atoms with Crippen LogP contribution in [-0.2, 0) is 6.54 Å². The van der Waals surface area contributed by atoms with Crippen molar-refractivity contribution in [3.8, 4) is 0 Å². The first-order valence-corrected chi connectivity index (χ1v) is 4.97. The van der Waals surface area contributed by atoms with E-state index in [4.69, 9.17) is 4.42 Å². The molecule has 0 saturated heterocycles. The SMILES string of the molecule is CNC1CCC(C[n+]2ccoc2)C1. The van der Waals surface area contributed by atoms with Crippen molar-refractivity contribution in [2.45, 2.75) is 31.8 Å². The molecule has 1 aliphatic rings. The molecule has 3 nitrogen and oxygen atoms in total. The molecule has 0 aliphatic heterocycles. The van der Waals surface area contributed by atoms with E-state index in [2.05, 4.69) is 16.9 Å². The monoisotopic (exact) mass is 181 g/mol. The Balaban J connectivity index is 1.84. The molecule has 1 N–H and O–H groups in total. The minimum atomic E-state index is 0.734. The Morgan fingerprint density at radius 2 is 2.46 bits per heavy atom. The lowest BCUT2D eigenvalue weighted by molar-refractivity contribution is -0.705. The third kappa shape index (κ3) is 2.10. The average Bonchev–Trinajstić information content (AvgIpc) is 2.76. The predicted molar refractivity (Wildman–Crippen MR) is 49.1 cm³/mol. The second kappa shape index (κ2) is 3.92. The zero-order valence-corrected chi connectivity index (χ0v) is 8.07. The molecule has 1 heterocycles. The molecular formula is C10H17N2O+. The minimum Gasteiger partial charge on any atom is -0.412 e. The van der Waals surface area contributed by atoms with Crippen LogP contribution in [0, 0.1) is 5.92 Å². The second-order valence-electron chi connectivity index (χ2n) is 3.89. The molecular weight excluding hydrogens is 164 g/mol. The molecule has 1 aliphatic carbocycles. The molecule has 0 spiro atoms. The fourth-order valence-electron chi connectivity index (χ4n) is 2.17. The van der Waals surface area contributed by atoms with Gasteiger partial charge in [0.05, 0.1) is 0 Å². The Kier molecular flexibility index (Phi) is 2.64. The Morgan fingerprint density at radius 3 is 3.08 bits per heavy atom. The highest BCUT2D eigenvalue weighted by molar-refractivity contribution is 4.77. The van der Waals surface area contributed by atoms with Crippen LogP contribution in [0.1, 0.15) is 19.3 Å². The van der Waals surface area contributed by atoms with Crippen LogP contribution in [0.3, 0.4) is 0 Å². The summed E-state index contributed by atoms with van der Waals surface area (Å²) in [4.78, 5) is 0. The molecule has 13 heavy (non-hydrogen) atoms. The summed E-state index contributed by atoms with van der Waals surface area (Å²) in [5, 5.41) is 3.34. The lowest BCUT2D eigenvalue weighted by Gasteiger charge is -2.06. The number of hydrogen-bond donors (Lipinski definition) is 1. The number of aromatic nitrogens is 1. The summed E-state index contributed by atoms with van der Waals surface area (Å²) in [5.74, 6) is 0.819. The number of rotatable bonds is 3. The van der Waals surface area contributed by atoms with Crippen LogP contribution in [0.25, 0.3) is 0 Å². The number of oxazole rings is 1. The summed E-state index contributed by atoms with van der Waals surface area (Å²) < 4.78 is 7.15. The molecule has 2 unspecified atom stereocenters. The van der Waals surface area contributed by atoms with Crippen molar-refractivity contribution in [3.05, 3.63) is 18.9 Å². The van der Waals surface area contributed by atoms with E-state index < -0.39 is 0 Å². The van der Waals surface area contributed by atoms with Gasteiger partial charge in [0.15, 0.2) is 12.8 Å². The van der Waals surface area contributed by atoms with Gasteiger partial charge in [-0.05, 0) is 26.3 Å². The number of nitrogens with zero attached hydrogens (tertiary/aromatic N) is 1. The summed E-state index contributed by atoms with van der Waals surface area (Å²) in [5.41, 5.74) is 0. The normalized spacial score (nSPS) is 28.1. The van der Waals surface area contributed by atoms with Gasteiger partial charge in [-0.1, -0.05) is 0 Å². The van der Waals surface area contributed by atoms with Crippen molar-refractivity contribution >= 4 is 0 Å². The van der Waals surface area contributed by atoms with E-state index in [-0.39, 0.29) is 0 Å². The lowest BCUT2D eigenvalue weighted by Crippen LogP contribution is -2.34. The van der Waals surface area contributed by atoms with Crippen molar-refractivity contribution in [1.82, 2.24) is 5.32 Å². The maximum absolute atomic E-state index is 5.03. The van der Waals surface area contributed by atoms with E-state index in [1.165, 1.54) is 19.3 Å². The number of hydrogen-bond acceptors (Lipinski definition) is 2. The second-order valence-corrected chi connectivity index (χ2v) is 3.89. The van der Waals surface area contributed by atoms with Crippen molar-refractivity contribution < 1.29 is 8.98 Å². The lowest BCUT2D eigenvalue weighted by atomic mass is 10.1. The Bertz CT molecular complexity index is 245. The van der Waals surface area contributed by atoms with Crippen molar-refractivity contribution in [3.63, 3.8) is 0 Å². The Hall–Kier alpha value is -0.830. The summed E-state index contributed by atoms with van der Waals surface area (Å²) in [7, 11) is 2.05. The highest BCUT2D eigenvalue weighted by Gasteiger charge is 2.26. The van der Waals surface area contributed by atoms with Crippen LogP contribution >= 0.6 is 0 Å². The van der Waals surface area contributed by atoms with Gasteiger partial charge in [0, 0.05) is 12.0 Å². The maximum atomic E-state index is 5.03. The van der Waals surface area contributed by atoms with E-state index >= 15 is 0 Å². The van der Waals surface area contributed by atoms with Gasteiger partial charge in [-0.3, -0.25) is 0 Å². The summed E-state index contributed by atoms with van der Waals surface area (Å²) in [6.07, 6.45) is 9.46. The largest absolute Gasteiger partial charge is 0.412 e. The van der Waals surface area contributed by atoms with Gasteiger partial charge in [-0.15, -0.1) is 0 Å². The molecule has 0 amide bonds. The van der Waals surface area contributed by atoms with Gasteiger partial charge in [-0.2, -0.15) is 4.57 Å². The molecule has 2 atom stereocenters. The minimum absolute atomic E-state index is 0.734. The van der Waals surface area contributed by atoms with Crippen LogP contribution in [0.5, 0.6) is 0 Å². The topological polar surface area (TPSA) is 29.1 Å². The molecule has 0 aromatic carbocycles. The van der Waals surface area contributed by atoms with Crippen LogP contribution in [0.4, 0.5) is 0 Å². The fraction of sp³-hybridized carbons (Fsp3) is 0.700. The first kappa shape index (κ1) is 8.75. The van der Waals surface area contributed by atoms with Crippen LogP contribution in [0.15, 0.2) is 23.3 Å². The summed E-state index contributed by atoms with van der Waals surface area (Å²) in [6.45, 7) is 1.11. The van der Waals surface area contributed by atoms with Gasteiger partial charge >= 0.3 is 6.39 Å². The summed E-state index contributed by atoms with van der Waals surface area (Å²) in [6, 6.07) is 0.734. The van der Waals surface area contributed by atoms with Crippen LogP contribution in [0.2, 0.25) is 0 Å². The molecule has 1 aromatic rings. The molecule has 72 valence electrons. The summed E-state index contributed by atoms with van der Waals surface area (Å²) >= 11 is 0. The van der Waals surface area contributed by atoms with Crippen LogP contribution < -0.4 is 9.88 Å². The number of nitrogens with one attached hydrogen (secondary N) is 1. The zero-order valence-electron chi connectivity index (χ0n) is 8.07. The van der Waals surface area contributed by atoms with E-state index in [0.29, 0.717) is 0 Å². The highest BCUT2D eigenvalue weighted by Crippen LogP contribution is 2.25. The van der Waals surface area contributed by atoms with E-state index in [1.54, 1.807) is 12.7 Å². The molecule has 3 heteroatoms. The molecule has 0 bridgehead atoms. The van der Waals surface area contributed by atoms with Gasteiger partial charge in [-0.25, -0.2) is 0 Å². The van der Waals surface area contributed by atoms with Gasteiger partial charge in [0.2, 0.25) is 6.20 Å². The average molecular weight is 181 g/mol. The first-order chi connectivity index (χ1) is 6.38. The van der Waals surface area contributed by atoms with Crippen molar-refractivity contribution in [1.29, 1.82) is 0 Å². The standard InChI is InChI=1S/C10H17N2O/c1-11-10-3-2-9(6-10)7-12-4-5-13-8-12/h4-5,8-11H,2-3,6-7H2,1H3/q+1. The van der Waals surface area contributed by atoms with Gasteiger partial charge in [0.1, 0.15) is 0 Å². The fourth-order valence-corrected chi connectivity index (χ4v) is 2.17. The van der Waals surface area contributed by atoms with Crippen LogP contribution in [-0.4, -0.2) is 13.1 Å². The molecule has 1 aromatic heterocycles. The maximum Gasteiger partial charge on any atom is 0.334 e. The first-order valence-electron chi connectivity index (χ1n) is 4.97. The van der Waals surface area contributed by atoms with E-state index in [1.807, 2.05) is 6.20 Å². The highest BCUT2D eigenvalue weighted by atomic mass is 16.3. The smallest absolute Gasteiger partial charge is 0.334 e. The van der Waals surface area contributed by atoms with Gasteiger partial charge < -0.3 is 9.73 Å². The third-order valence-corrected chi connectivity index (χ3v) is 2.95. The van der Waals surface area contributed by atoms with Crippen molar-refractivity contribution in [2.75, 3.05) is 7.05 Å². The molecule has 2 rings (SSSR count). The molecule has 1 fully saturated rings.